The van der Waals surface area contributed by atoms with E-state index in [4.69, 9.17) is 4.42 Å². The molecule has 0 bridgehead atoms. The topological polar surface area (TPSA) is 50.5 Å². The Bertz CT molecular complexity index is 822. The predicted octanol–water partition coefficient (Wildman–Crippen LogP) is 4.49. The third-order valence-electron chi connectivity index (χ3n) is 3.31. The van der Waals surface area contributed by atoms with Gasteiger partial charge in [-0.3, -0.25) is 0 Å². The molecule has 0 aliphatic rings. The fraction of sp³-hybridized carbons (Fsp3) is 0.125. The van der Waals surface area contributed by atoms with Gasteiger partial charge in [-0.15, -0.1) is 11.3 Å². The molecule has 7 heteroatoms. The SMILES string of the molecule is O=S(=O)(c1ccccc1Br)N(Cc1ccoc1)Cc1cccs1. The van der Waals surface area contributed by atoms with E-state index in [2.05, 4.69) is 15.9 Å². The van der Waals surface area contributed by atoms with Crippen LogP contribution in [-0.4, -0.2) is 12.7 Å². The smallest absolute Gasteiger partial charge is 0.244 e. The highest BCUT2D eigenvalue weighted by Gasteiger charge is 2.27. The highest BCUT2D eigenvalue weighted by Crippen LogP contribution is 2.28. The highest BCUT2D eigenvalue weighted by molar-refractivity contribution is 9.10. The first-order valence-corrected chi connectivity index (χ1v) is 9.97. The Balaban J connectivity index is 1.98. The number of thiophene rings is 1. The Labute approximate surface area is 147 Å². The van der Waals surface area contributed by atoms with Gasteiger partial charge >= 0.3 is 0 Å². The lowest BCUT2D eigenvalue weighted by Crippen LogP contribution is -2.30. The minimum atomic E-state index is -3.63. The summed E-state index contributed by atoms with van der Waals surface area (Å²) >= 11 is 4.87. The van der Waals surface area contributed by atoms with Gasteiger partial charge in [0.15, 0.2) is 0 Å². The quantitative estimate of drug-likeness (QED) is 0.599. The number of nitrogens with zero attached hydrogens (tertiary/aromatic N) is 1. The summed E-state index contributed by atoms with van der Waals surface area (Å²) in [7, 11) is -3.63. The molecule has 1 aromatic carbocycles. The summed E-state index contributed by atoms with van der Waals surface area (Å²) in [6.45, 7) is 0.588. The van der Waals surface area contributed by atoms with Crippen LogP contribution in [0.15, 0.2) is 74.2 Å². The zero-order valence-electron chi connectivity index (χ0n) is 12.1. The lowest BCUT2D eigenvalue weighted by atomic mass is 10.3. The molecule has 23 heavy (non-hydrogen) atoms. The summed E-state index contributed by atoms with van der Waals surface area (Å²) in [6, 6.07) is 12.5. The van der Waals surface area contributed by atoms with Gasteiger partial charge in [0.1, 0.15) is 0 Å². The second-order valence-corrected chi connectivity index (χ2v) is 8.71. The van der Waals surface area contributed by atoms with E-state index in [0.29, 0.717) is 11.0 Å². The summed E-state index contributed by atoms with van der Waals surface area (Å²) in [5.41, 5.74) is 0.817. The molecule has 120 valence electrons. The molecule has 0 saturated heterocycles. The maximum Gasteiger partial charge on any atom is 0.244 e. The molecule has 0 atom stereocenters. The number of furan rings is 1. The van der Waals surface area contributed by atoms with Gasteiger partial charge in [0.25, 0.3) is 0 Å². The molecule has 0 fully saturated rings. The Morgan fingerprint density at radius 1 is 1.09 bits per heavy atom. The average Bonchev–Trinajstić information content (AvgIpc) is 3.20. The average molecular weight is 412 g/mol. The number of sulfonamides is 1. The molecule has 0 aliphatic heterocycles. The Kier molecular flexibility index (Phi) is 5.01. The van der Waals surface area contributed by atoms with Gasteiger partial charge in [-0.25, -0.2) is 8.42 Å². The van der Waals surface area contributed by atoms with E-state index in [1.807, 2.05) is 17.5 Å². The highest BCUT2D eigenvalue weighted by atomic mass is 79.9. The van der Waals surface area contributed by atoms with E-state index < -0.39 is 10.0 Å². The molecule has 4 nitrogen and oxygen atoms in total. The molecule has 0 spiro atoms. The van der Waals surface area contributed by atoms with Crippen molar-refractivity contribution in [1.29, 1.82) is 0 Å². The van der Waals surface area contributed by atoms with Crippen LogP contribution in [-0.2, 0) is 23.1 Å². The molecular formula is C16H14BrNO3S2. The molecule has 0 saturated carbocycles. The fourth-order valence-corrected chi connectivity index (χ4v) is 5.35. The van der Waals surface area contributed by atoms with Crippen LogP contribution in [0, 0.1) is 0 Å². The second kappa shape index (κ2) is 7.00. The summed E-state index contributed by atoms with van der Waals surface area (Å²) in [5.74, 6) is 0. The van der Waals surface area contributed by atoms with Crippen LogP contribution in [0.5, 0.6) is 0 Å². The number of hydrogen-bond acceptors (Lipinski definition) is 4. The summed E-state index contributed by atoms with van der Waals surface area (Å²) in [5, 5.41) is 1.94. The first kappa shape index (κ1) is 16.4. The van der Waals surface area contributed by atoms with Crippen molar-refractivity contribution in [1.82, 2.24) is 4.31 Å². The van der Waals surface area contributed by atoms with Crippen LogP contribution < -0.4 is 0 Å². The van der Waals surface area contributed by atoms with Crippen molar-refractivity contribution in [3.63, 3.8) is 0 Å². The molecule has 0 amide bonds. The minimum Gasteiger partial charge on any atom is -0.472 e. The van der Waals surface area contributed by atoms with Gasteiger partial charge in [0.2, 0.25) is 10.0 Å². The molecule has 3 rings (SSSR count). The maximum atomic E-state index is 13.1. The van der Waals surface area contributed by atoms with Crippen molar-refractivity contribution in [2.24, 2.45) is 0 Å². The van der Waals surface area contributed by atoms with Gasteiger partial charge in [0, 0.05) is 28.0 Å². The van der Waals surface area contributed by atoms with Crippen molar-refractivity contribution in [3.05, 3.63) is 75.3 Å². The van der Waals surface area contributed by atoms with Gasteiger partial charge < -0.3 is 4.42 Å². The van der Waals surface area contributed by atoms with E-state index in [0.717, 1.165) is 10.4 Å². The minimum absolute atomic E-state index is 0.262. The molecule has 3 aromatic rings. The fourth-order valence-electron chi connectivity index (χ4n) is 2.18. The van der Waals surface area contributed by atoms with Crippen LogP contribution in [0.1, 0.15) is 10.4 Å². The van der Waals surface area contributed by atoms with Crippen molar-refractivity contribution < 1.29 is 12.8 Å². The number of rotatable bonds is 6. The normalized spacial score (nSPS) is 11.9. The number of halogens is 1. The maximum absolute atomic E-state index is 13.1. The van der Waals surface area contributed by atoms with Gasteiger partial charge in [-0.2, -0.15) is 4.31 Å². The van der Waals surface area contributed by atoms with Crippen LogP contribution in [0.3, 0.4) is 0 Å². The van der Waals surface area contributed by atoms with E-state index in [-0.39, 0.29) is 11.4 Å². The predicted molar refractivity (Wildman–Crippen MR) is 93.6 cm³/mol. The standard InChI is InChI=1S/C16H14BrNO3S2/c17-15-5-1-2-6-16(15)23(19,20)18(10-13-7-8-21-12-13)11-14-4-3-9-22-14/h1-9,12H,10-11H2. The number of benzene rings is 1. The zero-order valence-corrected chi connectivity index (χ0v) is 15.3. The van der Waals surface area contributed by atoms with Crippen LogP contribution in [0.25, 0.3) is 0 Å². The van der Waals surface area contributed by atoms with Crippen molar-refractivity contribution >= 4 is 37.3 Å². The van der Waals surface area contributed by atoms with Crippen LogP contribution in [0.4, 0.5) is 0 Å². The first-order chi connectivity index (χ1) is 11.1. The molecule has 2 aromatic heterocycles. The van der Waals surface area contributed by atoms with Crippen LogP contribution in [0.2, 0.25) is 0 Å². The molecule has 0 aliphatic carbocycles. The first-order valence-electron chi connectivity index (χ1n) is 6.85. The van der Waals surface area contributed by atoms with Crippen molar-refractivity contribution in [2.75, 3.05) is 0 Å². The Hall–Kier alpha value is -1.41. The molecule has 0 N–H and O–H groups in total. The third kappa shape index (κ3) is 3.74. The summed E-state index contributed by atoms with van der Waals surface area (Å²) in [6.07, 6.45) is 3.11. The molecule has 0 radical (unpaired) electrons. The Morgan fingerprint density at radius 3 is 2.57 bits per heavy atom. The lowest BCUT2D eigenvalue weighted by Gasteiger charge is -2.21. The lowest BCUT2D eigenvalue weighted by molar-refractivity contribution is 0.401. The van der Waals surface area contributed by atoms with Gasteiger partial charge in [0.05, 0.1) is 17.4 Å². The van der Waals surface area contributed by atoms with Crippen molar-refractivity contribution in [2.45, 2.75) is 18.0 Å². The molecule has 2 heterocycles. The molecular weight excluding hydrogens is 398 g/mol. The Morgan fingerprint density at radius 2 is 1.91 bits per heavy atom. The van der Waals surface area contributed by atoms with Crippen LogP contribution >= 0.6 is 27.3 Å². The van der Waals surface area contributed by atoms with E-state index in [1.54, 1.807) is 42.9 Å². The summed E-state index contributed by atoms with van der Waals surface area (Å²) in [4.78, 5) is 1.25. The number of hydrogen-bond donors (Lipinski definition) is 0. The largest absolute Gasteiger partial charge is 0.472 e. The van der Waals surface area contributed by atoms with E-state index in [9.17, 15) is 8.42 Å². The van der Waals surface area contributed by atoms with E-state index in [1.165, 1.54) is 15.6 Å². The van der Waals surface area contributed by atoms with Gasteiger partial charge in [-0.05, 0) is 45.6 Å². The third-order valence-corrected chi connectivity index (χ3v) is 6.97. The molecule has 0 unspecified atom stereocenters. The van der Waals surface area contributed by atoms with E-state index >= 15 is 0 Å². The second-order valence-electron chi connectivity index (χ2n) is 4.91. The zero-order chi connectivity index (χ0) is 16.3. The monoisotopic (exact) mass is 411 g/mol. The van der Waals surface area contributed by atoms with Crippen molar-refractivity contribution in [3.8, 4) is 0 Å². The van der Waals surface area contributed by atoms with Gasteiger partial charge in [-0.1, -0.05) is 18.2 Å². The summed E-state index contributed by atoms with van der Waals surface area (Å²) < 4.78 is 33.2.